The van der Waals surface area contributed by atoms with Gasteiger partial charge in [-0.1, -0.05) is 6.07 Å². The van der Waals surface area contributed by atoms with E-state index in [1.54, 1.807) is 26.0 Å². The maximum Gasteiger partial charge on any atom is 0.274 e. The molecule has 10 heteroatoms. The van der Waals surface area contributed by atoms with Crippen molar-refractivity contribution < 1.29 is 27.4 Å². The SMILES string of the molecule is CCOc1cc(OC)ccc1S(=O)(=O)N1C(=O)[C](c2cccnc2OCC)c2cc(C#N)ccc21. The second-order valence-corrected chi connectivity index (χ2v) is 9.08. The summed E-state index contributed by atoms with van der Waals surface area (Å²) in [4.78, 5) is 17.8. The van der Waals surface area contributed by atoms with Gasteiger partial charge < -0.3 is 14.2 Å². The van der Waals surface area contributed by atoms with Gasteiger partial charge in [-0.3, -0.25) is 4.79 Å². The molecule has 0 N–H and O–H groups in total. The molecule has 0 unspecified atom stereocenters. The molecule has 0 bridgehead atoms. The molecule has 35 heavy (non-hydrogen) atoms. The molecule has 3 aromatic rings. The van der Waals surface area contributed by atoms with Gasteiger partial charge in [0.1, 0.15) is 22.3 Å². The molecule has 1 aliphatic heterocycles. The highest BCUT2D eigenvalue weighted by Crippen LogP contribution is 2.46. The largest absolute Gasteiger partial charge is 0.497 e. The third-order valence-electron chi connectivity index (χ3n) is 5.30. The molecule has 0 atom stereocenters. The summed E-state index contributed by atoms with van der Waals surface area (Å²) in [5, 5.41) is 9.44. The van der Waals surface area contributed by atoms with Crippen LogP contribution in [0.3, 0.4) is 0 Å². The van der Waals surface area contributed by atoms with Crippen LogP contribution in [0.5, 0.6) is 17.4 Å². The molecule has 2 heterocycles. The Morgan fingerprint density at radius 3 is 2.49 bits per heavy atom. The number of hydrogen-bond donors (Lipinski definition) is 0. The Balaban J connectivity index is 1.93. The Kier molecular flexibility index (Phi) is 6.62. The van der Waals surface area contributed by atoms with Gasteiger partial charge in [0, 0.05) is 23.4 Å². The van der Waals surface area contributed by atoms with Crippen molar-refractivity contribution in [3.05, 3.63) is 77.3 Å². The highest BCUT2D eigenvalue weighted by Gasteiger charge is 2.47. The van der Waals surface area contributed by atoms with Gasteiger partial charge in [-0.25, -0.2) is 17.7 Å². The molecule has 2 aromatic carbocycles. The van der Waals surface area contributed by atoms with Crippen LogP contribution >= 0.6 is 0 Å². The summed E-state index contributed by atoms with van der Waals surface area (Å²) in [5.41, 5.74) is 1.01. The van der Waals surface area contributed by atoms with Crippen molar-refractivity contribution in [1.29, 1.82) is 5.26 Å². The van der Waals surface area contributed by atoms with Crippen molar-refractivity contribution in [3.63, 3.8) is 0 Å². The third-order valence-corrected chi connectivity index (χ3v) is 7.04. The van der Waals surface area contributed by atoms with Crippen LogP contribution in [-0.2, 0) is 14.8 Å². The first-order valence-corrected chi connectivity index (χ1v) is 12.2. The zero-order chi connectivity index (χ0) is 25.2. The van der Waals surface area contributed by atoms with E-state index in [0.717, 1.165) is 4.31 Å². The van der Waals surface area contributed by atoms with E-state index in [1.807, 2.05) is 6.07 Å². The van der Waals surface area contributed by atoms with E-state index in [9.17, 15) is 18.5 Å². The predicted molar refractivity (Wildman–Crippen MR) is 127 cm³/mol. The summed E-state index contributed by atoms with van der Waals surface area (Å²) in [5.74, 6) is -0.0702. The number of sulfonamides is 1. The van der Waals surface area contributed by atoms with Crippen molar-refractivity contribution in [2.24, 2.45) is 0 Å². The van der Waals surface area contributed by atoms with Crippen LogP contribution in [0.25, 0.3) is 0 Å². The number of pyridine rings is 1. The van der Waals surface area contributed by atoms with Gasteiger partial charge in [0.05, 0.1) is 37.6 Å². The van der Waals surface area contributed by atoms with Crippen molar-refractivity contribution in [2.75, 3.05) is 24.6 Å². The van der Waals surface area contributed by atoms with Gasteiger partial charge in [-0.2, -0.15) is 5.26 Å². The number of carbonyl (C=O) groups is 1. The molecule has 0 saturated carbocycles. The summed E-state index contributed by atoms with van der Waals surface area (Å²) >= 11 is 0. The maximum absolute atomic E-state index is 13.9. The summed E-state index contributed by atoms with van der Waals surface area (Å²) in [6, 6.07) is 13.9. The number of nitriles is 1. The van der Waals surface area contributed by atoms with E-state index < -0.39 is 15.9 Å². The Morgan fingerprint density at radius 2 is 1.80 bits per heavy atom. The number of amides is 1. The van der Waals surface area contributed by atoms with E-state index in [2.05, 4.69) is 4.98 Å². The average Bonchev–Trinajstić information content (AvgIpc) is 3.16. The van der Waals surface area contributed by atoms with Gasteiger partial charge in [0.15, 0.2) is 0 Å². The summed E-state index contributed by atoms with van der Waals surface area (Å²) in [6.07, 6.45) is 1.52. The van der Waals surface area contributed by atoms with Crippen LogP contribution < -0.4 is 18.5 Å². The molecule has 1 aromatic heterocycles. The maximum atomic E-state index is 13.9. The fraction of sp³-hybridized carbons (Fsp3) is 0.200. The number of methoxy groups -OCH3 is 1. The highest BCUT2D eigenvalue weighted by molar-refractivity contribution is 7.93. The molecule has 0 aliphatic carbocycles. The first kappa shape index (κ1) is 24.0. The minimum Gasteiger partial charge on any atom is -0.497 e. The lowest BCUT2D eigenvalue weighted by Crippen LogP contribution is -2.36. The van der Waals surface area contributed by atoms with Crippen molar-refractivity contribution in [2.45, 2.75) is 18.7 Å². The summed E-state index contributed by atoms with van der Waals surface area (Å²) in [6.45, 7) is 3.99. The number of aromatic nitrogens is 1. The lowest BCUT2D eigenvalue weighted by Gasteiger charge is -2.20. The van der Waals surface area contributed by atoms with Gasteiger partial charge in [0.2, 0.25) is 5.88 Å². The number of fused-ring (bicyclic) bond motifs is 1. The van der Waals surface area contributed by atoms with Crippen LogP contribution in [0.1, 0.15) is 30.5 Å². The average molecular weight is 493 g/mol. The predicted octanol–water partition coefficient (Wildman–Crippen LogP) is 3.47. The van der Waals surface area contributed by atoms with Gasteiger partial charge in [-0.05, 0) is 50.2 Å². The van der Waals surface area contributed by atoms with Crippen LogP contribution in [0.4, 0.5) is 5.69 Å². The quantitative estimate of drug-likeness (QED) is 0.469. The zero-order valence-electron chi connectivity index (χ0n) is 19.3. The van der Waals surface area contributed by atoms with Gasteiger partial charge >= 0.3 is 0 Å². The Morgan fingerprint density at radius 1 is 1.03 bits per heavy atom. The normalized spacial score (nSPS) is 13.3. The Labute approximate surface area is 203 Å². The van der Waals surface area contributed by atoms with Crippen molar-refractivity contribution in [3.8, 4) is 23.4 Å². The lowest BCUT2D eigenvalue weighted by atomic mass is 9.92. The molecule has 1 aliphatic rings. The summed E-state index contributed by atoms with van der Waals surface area (Å²) < 4.78 is 44.9. The summed E-state index contributed by atoms with van der Waals surface area (Å²) in [7, 11) is -2.97. The number of rotatable bonds is 8. The smallest absolute Gasteiger partial charge is 0.274 e. The number of ether oxygens (including phenoxy) is 3. The zero-order valence-corrected chi connectivity index (χ0v) is 20.1. The first-order valence-electron chi connectivity index (χ1n) is 10.8. The molecule has 4 rings (SSSR count). The second-order valence-electron chi connectivity index (χ2n) is 7.33. The number of anilines is 1. The Hall–Kier alpha value is -4.10. The van der Waals surface area contributed by atoms with E-state index in [4.69, 9.17) is 14.2 Å². The number of nitrogens with zero attached hydrogens (tertiary/aromatic N) is 3. The standard InChI is InChI=1S/C25H22N3O6S/c1-4-33-21-14-17(32-3)9-11-22(21)35(30,31)28-20-10-8-16(15-26)13-19(20)23(25(28)29)18-7-6-12-27-24(18)34-5-2/h6-14H,4-5H2,1-3H3. The van der Waals surface area contributed by atoms with Crippen LogP contribution in [0.2, 0.25) is 0 Å². The fourth-order valence-corrected chi connectivity index (χ4v) is 5.37. The minimum absolute atomic E-state index is 0.0553. The Bertz CT molecular complexity index is 1430. The molecule has 9 nitrogen and oxygen atoms in total. The molecule has 0 spiro atoms. The van der Waals surface area contributed by atoms with Crippen molar-refractivity contribution in [1.82, 2.24) is 4.98 Å². The highest BCUT2D eigenvalue weighted by atomic mass is 32.2. The van der Waals surface area contributed by atoms with E-state index in [-0.39, 0.29) is 45.9 Å². The topological polar surface area (TPSA) is 119 Å². The molecule has 0 saturated heterocycles. The molecular weight excluding hydrogens is 470 g/mol. The fourth-order valence-electron chi connectivity index (χ4n) is 3.84. The number of benzene rings is 2. The molecule has 1 radical (unpaired) electrons. The van der Waals surface area contributed by atoms with E-state index in [1.165, 1.54) is 49.7 Å². The van der Waals surface area contributed by atoms with Crippen LogP contribution in [0, 0.1) is 17.2 Å². The second kappa shape index (κ2) is 9.64. The number of hydrogen-bond acceptors (Lipinski definition) is 8. The van der Waals surface area contributed by atoms with E-state index >= 15 is 0 Å². The third kappa shape index (κ3) is 4.15. The van der Waals surface area contributed by atoms with Gasteiger partial charge in [0.25, 0.3) is 15.9 Å². The minimum atomic E-state index is -4.43. The first-order chi connectivity index (χ1) is 16.9. The van der Waals surface area contributed by atoms with Crippen LogP contribution in [-0.4, -0.2) is 39.6 Å². The molecule has 0 fully saturated rings. The van der Waals surface area contributed by atoms with Gasteiger partial charge in [-0.15, -0.1) is 0 Å². The molecule has 179 valence electrons. The van der Waals surface area contributed by atoms with Crippen LogP contribution in [0.15, 0.2) is 59.6 Å². The van der Waals surface area contributed by atoms with E-state index in [0.29, 0.717) is 17.9 Å². The monoisotopic (exact) mass is 492 g/mol. The molecular formula is C25H22N3O6S. The van der Waals surface area contributed by atoms with Crippen molar-refractivity contribution >= 4 is 21.6 Å². The number of carbonyl (C=O) groups excluding carboxylic acids is 1. The lowest BCUT2D eigenvalue weighted by molar-refractivity contribution is -0.114. The molecule has 1 amide bonds.